The van der Waals surface area contributed by atoms with E-state index >= 15 is 4.79 Å². The number of hydrogen-bond acceptors (Lipinski definition) is 30. The van der Waals surface area contributed by atoms with E-state index in [1.54, 1.807) is 24.3 Å². The number of carbonyl (C=O) groups is 3. The van der Waals surface area contributed by atoms with Crippen molar-refractivity contribution in [2.24, 2.45) is 50.2 Å². The number of allylic oxidation sites excluding steroid dienone is 1. The number of fused-ring (bicyclic) bond motifs is 7. The van der Waals surface area contributed by atoms with E-state index in [0.29, 0.717) is 37.0 Å². The number of hydrogen-bond donors (Lipinski definition) is 16. The van der Waals surface area contributed by atoms with Gasteiger partial charge in [-0.15, -0.1) is 0 Å². The molecule has 11 rings (SSSR count). The number of ether oxygens (including phenoxy) is 12. The Hall–Kier alpha value is -4.05. The van der Waals surface area contributed by atoms with Crippen LogP contribution in [0.5, 0.6) is 5.75 Å². The molecular weight excluding hydrogens is 1320 g/mol. The molecule has 0 bridgehead atoms. The molecule has 31 heteroatoms. The van der Waals surface area contributed by atoms with Crippen LogP contribution in [0.4, 0.5) is 0 Å². The van der Waals surface area contributed by atoms with Crippen molar-refractivity contribution in [3.05, 3.63) is 47.6 Å². The molecule has 1 aromatic rings. The number of rotatable bonds is 18. The molecule has 1 aromatic carbocycles. The van der Waals surface area contributed by atoms with E-state index in [-0.39, 0.29) is 50.0 Å². The first-order chi connectivity index (χ1) is 47.1. The van der Waals surface area contributed by atoms with E-state index in [2.05, 4.69) is 26.8 Å². The molecule has 9 fully saturated rings. The molecule has 5 saturated heterocycles. The van der Waals surface area contributed by atoms with Crippen LogP contribution in [0.1, 0.15) is 112 Å². The van der Waals surface area contributed by atoms with Crippen molar-refractivity contribution in [3.8, 4) is 5.75 Å². The van der Waals surface area contributed by atoms with Gasteiger partial charge in [0.05, 0.1) is 62.7 Å². The number of esters is 2. The number of aliphatic carboxylic acids is 1. The summed E-state index contributed by atoms with van der Waals surface area (Å²) < 4.78 is 71.1. The van der Waals surface area contributed by atoms with Crippen LogP contribution in [-0.2, 0) is 66.5 Å². The molecular formula is C69H102O31. The molecule has 0 spiro atoms. The fraction of sp³-hybridized carbons (Fsp3) is 0.812. The highest BCUT2D eigenvalue weighted by molar-refractivity contribution is 5.87. The first-order valence-electron chi connectivity index (χ1n) is 34.6. The van der Waals surface area contributed by atoms with Crippen LogP contribution in [0.15, 0.2) is 42.0 Å². The molecule has 31 nitrogen and oxygen atoms in total. The van der Waals surface area contributed by atoms with Gasteiger partial charge in [-0.25, -0.2) is 4.79 Å². The number of carbonyl (C=O) groups excluding carboxylic acids is 2. The van der Waals surface area contributed by atoms with Crippen LogP contribution >= 0.6 is 0 Å². The summed E-state index contributed by atoms with van der Waals surface area (Å²) >= 11 is 0. The summed E-state index contributed by atoms with van der Waals surface area (Å²) in [4.78, 5) is 43.5. The van der Waals surface area contributed by atoms with Crippen molar-refractivity contribution in [2.45, 2.75) is 266 Å². The summed E-state index contributed by atoms with van der Waals surface area (Å²) in [6.07, 6.45) is -36.7. The standard InChI is InChI=1S/C69H102O31/c1-29-53(97-57-48(81)44(77)38(27-90-57)95-59-49(82)45(78)42(75)36(25-70)93-59)47(80)51(84)58(91-29)98-55-52(85)54(96-41(74)16-11-31-9-12-32(89-8)13-10-31)30(2)92-61(55)100-63(88)68-20-19-64(3,4)23-34(68)33-14-15-39-65(5)24-35(73)56(99-60-50(83)46(79)43(76)37(26-71)94-60)67(7,62(86)87)40(65)17-18-66(39,6)69(33,28-72)22-21-68/h9-14,16,29-30,34-40,42-61,70-73,75-85H,15,17-28H2,1-8H3,(H,86,87)/b16-11-/t29-,30+,34+,35+,36-,37-,38-,39-,40-,42+,43-,44+,45+,46+,47-,48-,49-,50-,51+,52-,53-,54-,55+,56+,57+,58-,59+,60+,61-,65-,66-,67+,68+,69+/m1/s1. The van der Waals surface area contributed by atoms with E-state index in [1.807, 2.05) is 6.92 Å². The van der Waals surface area contributed by atoms with Gasteiger partial charge in [-0.05, 0) is 136 Å². The van der Waals surface area contributed by atoms with Crippen molar-refractivity contribution in [3.63, 3.8) is 0 Å². The molecule has 0 unspecified atom stereocenters. The van der Waals surface area contributed by atoms with Crippen LogP contribution in [0.3, 0.4) is 0 Å². The Bertz CT molecular complexity index is 3100. The minimum absolute atomic E-state index is 0.00740. The Balaban J connectivity index is 0.845. The first-order valence-corrected chi connectivity index (χ1v) is 34.6. The van der Waals surface area contributed by atoms with Gasteiger partial charge in [-0.2, -0.15) is 0 Å². The summed E-state index contributed by atoms with van der Waals surface area (Å²) in [5, 5.41) is 177. The summed E-state index contributed by atoms with van der Waals surface area (Å²) in [7, 11) is 1.50. The van der Waals surface area contributed by atoms with Gasteiger partial charge < -0.3 is 139 Å². The van der Waals surface area contributed by atoms with Crippen LogP contribution < -0.4 is 4.74 Å². The largest absolute Gasteiger partial charge is 0.497 e. The zero-order valence-corrected chi connectivity index (χ0v) is 57.3. The van der Waals surface area contributed by atoms with E-state index < -0.39 is 236 Å². The maximum absolute atomic E-state index is 15.9. The minimum atomic E-state index is -2.07. The monoisotopic (exact) mass is 1430 g/mol. The molecule has 34 atom stereocenters. The molecule has 0 radical (unpaired) electrons. The normalized spacial score (nSPS) is 49.4. The second kappa shape index (κ2) is 29.4. The second-order valence-electron chi connectivity index (χ2n) is 31.0. The third-order valence-corrected chi connectivity index (χ3v) is 24.9. The Morgan fingerprint density at radius 1 is 0.580 bits per heavy atom. The molecule has 0 aromatic heterocycles. The molecule has 4 saturated carbocycles. The first kappa shape index (κ1) is 77.1. The van der Waals surface area contributed by atoms with E-state index in [0.717, 1.165) is 11.6 Å². The molecule has 10 aliphatic rings. The van der Waals surface area contributed by atoms with Crippen LogP contribution in [0, 0.1) is 50.2 Å². The predicted octanol–water partition coefficient (Wildman–Crippen LogP) is -2.24. The van der Waals surface area contributed by atoms with Gasteiger partial charge in [0.2, 0.25) is 6.29 Å². The summed E-state index contributed by atoms with van der Waals surface area (Å²) in [6, 6.07) is 6.74. The highest BCUT2D eigenvalue weighted by atomic mass is 16.8. The maximum Gasteiger partial charge on any atom is 0.331 e. The third-order valence-electron chi connectivity index (χ3n) is 24.9. The molecule has 0 amide bonds. The highest BCUT2D eigenvalue weighted by Gasteiger charge is 2.74. The van der Waals surface area contributed by atoms with Gasteiger partial charge in [-0.1, -0.05) is 51.5 Å². The second-order valence-corrected chi connectivity index (χ2v) is 31.0. The molecule has 564 valence electrons. The Kier molecular flexibility index (Phi) is 22.6. The topological polar surface area (TPSA) is 486 Å². The van der Waals surface area contributed by atoms with Crippen molar-refractivity contribution in [1.82, 2.24) is 0 Å². The number of carboxylic acid groups (broad SMARTS) is 1. The fourth-order valence-electron chi connectivity index (χ4n) is 19.0. The van der Waals surface area contributed by atoms with Gasteiger partial charge in [0.25, 0.3) is 0 Å². The fourth-order valence-corrected chi connectivity index (χ4v) is 19.0. The maximum atomic E-state index is 15.9. The number of methoxy groups -OCH3 is 1. The van der Waals surface area contributed by atoms with Crippen LogP contribution in [0.2, 0.25) is 0 Å². The Morgan fingerprint density at radius 3 is 1.76 bits per heavy atom. The molecule has 16 N–H and O–H groups in total. The number of aliphatic hydroxyl groups excluding tert-OH is 15. The Labute approximate surface area is 578 Å². The summed E-state index contributed by atoms with van der Waals surface area (Å²) in [5.41, 5.74) is -4.89. The molecule has 5 aliphatic carbocycles. The number of aliphatic hydroxyl groups is 15. The van der Waals surface area contributed by atoms with Gasteiger partial charge in [-0.3, -0.25) is 9.59 Å². The van der Waals surface area contributed by atoms with Crippen molar-refractivity contribution >= 4 is 24.0 Å². The SMILES string of the molecule is COc1ccc(/C=C\C(=O)O[C@H]2[C@@H](O)[C@H](O[C@H]3O[C@H](C)[C@@H](O[C@@H]4OC[C@@H](O[C@@H]5O[C@H](CO)[C@H](O)[C@H](O)[C@H]5O)[C@H](O)[C@H]4O)[C@H](O)[C@@H]3O)[C@@H](OC(=O)[C@]34CCC(C)(C)C[C@H]3C3=CC[C@@H]5[C@@]6(C)C[C@H](O)[C@H](O[C@@H]7O[C@H](CO)[C@@H](O)[C@H](O)[C@H]7O)[C@@](C)(C(=O)O)[C@@H]6CC[C@@]5(C)[C@]3(CO)CC4)O[C@H]2C)cc1. The van der Waals surface area contributed by atoms with Gasteiger partial charge in [0.1, 0.15) is 103 Å². The van der Waals surface area contributed by atoms with E-state index in [4.69, 9.17) is 56.8 Å². The zero-order chi connectivity index (χ0) is 72.8. The zero-order valence-electron chi connectivity index (χ0n) is 57.3. The Morgan fingerprint density at radius 2 is 1.15 bits per heavy atom. The van der Waals surface area contributed by atoms with Crippen LogP contribution in [-0.4, -0.2) is 293 Å². The lowest BCUT2D eigenvalue weighted by atomic mass is 9.33. The predicted molar refractivity (Wildman–Crippen MR) is 337 cm³/mol. The third kappa shape index (κ3) is 13.3. The average Bonchev–Trinajstić information content (AvgIpc) is 0.669. The minimum Gasteiger partial charge on any atom is -0.497 e. The lowest BCUT2D eigenvalue weighted by Gasteiger charge is -2.71. The quantitative estimate of drug-likeness (QED) is 0.0320. The number of benzene rings is 1. The average molecular weight is 1430 g/mol. The van der Waals surface area contributed by atoms with Crippen molar-refractivity contribution in [1.29, 1.82) is 0 Å². The smallest absolute Gasteiger partial charge is 0.331 e. The van der Waals surface area contributed by atoms with Gasteiger partial charge in [0.15, 0.2) is 37.4 Å². The molecule has 5 heterocycles. The number of carboxylic acids is 1. The summed E-state index contributed by atoms with van der Waals surface area (Å²) in [6.45, 7) is 10.1. The molecule has 5 aliphatic heterocycles. The van der Waals surface area contributed by atoms with E-state index in [9.17, 15) is 91.3 Å². The van der Waals surface area contributed by atoms with Gasteiger partial charge in [0, 0.05) is 11.5 Å². The van der Waals surface area contributed by atoms with E-state index in [1.165, 1.54) is 34.0 Å². The van der Waals surface area contributed by atoms with Crippen molar-refractivity contribution < 1.29 is 153 Å². The van der Waals surface area contributed by atoms with Crippen molar-refractivity contribution in [2.75, 3.05) is 33.5 Å². The highest BCUT2D eigenvalue weighted by Crippen LogP contribution is 2.76. The molecule has 100 heavy (non-hydrogen) atoms. The van der Waals surface area contributed by atoms with Gasteiger partial charge >= 0.3 is 17.9 Å². The lowest BCUT2D eigenvalue weighted by molar-refractivity contribution is -0.378. The lowest BCUT2D eigenvalue weighted by Crippen LogP contribution is -2.71. The summed E-state index contributed by atoms with van der Waals surface area (Å²) in [5.74, 6) is -4.07. The van der Waals surface area contributed by atoms with Crippen LogP contribution in [0.25, 0.3) is 6.08 Å².